The van der Waals surface area contributed by atoms with Crippen molar-refractivity contribution in [1.29, 1.82) is 0 Å². The van der Waals surface area contributed by atoms with E-state index in [1.54, 1.807) is 34.4 Å². The SMILES string of the molecule is CC(C)(C)C(=O)N1CCOc2ccc(NC(=O)Cc3csc(C(C)(C)C)n3)cc21. The maximum absolute atomic E-state index is 12.8. The average molecular weight is 416 g/mol. The van der Waals surface area contributed by atoms with Gasteiger partial charge in [-0.3, -0.25) is 9.59 Å². The van der Waals surface area contributed by atoms with E-state index in [1.165, 1.54) is 0 Å². The van der Waals surface area contributed by atoms with Gasteiger partial charge in [-0.25, -0.2) is 4.98 Å². The lowest BCUT2D eigenvalue weighted by Gasteiger charge is -2.34. The molecule has 0 radical (unpaired) electrons. The van der Waals surface area contributed by atoms with Gasteiger partial charge in [0, 0.05) is 21.9 Å². The van der Waals surface area contributed by atoms with Crippen molar-refractivity contribution in [2.45, 2.75) is 53.4 Å². The van der Waals surface area contributed by atoms with E-state index in [9.17, 15) is 9.59 Å². The van der Waals surface area contributed by atoms with Gasteiger partial charge >= 0.3 is 0 Å². The third-order valence-corrected chi connectivity index (χ3v) is 5.84. The highest BCUT2D eigenvalue weighted by Gasteiger charge is 2.32. The molecule has 29 heavy (non-hydrogen) atoms. The van der Waals surface area contributed by atoms with Crippen LogP contribution in [0.2, 0.25) is 0 Å². The molecule has 1 N–H and O–H groups in total. The van der Waals surface area contributed by atoms with E-state index in [0.717, 1.165) is 10.7 Å². The van der Waals surface area contributed by atoms with Crippen molar-refractivity contribution >= 4 is 34.5 Å². The second kappa shape index (κ2) is 7.78. The Morgan fingerprint density at radius 1 is 1.21 bits per heavy atom. The van der Waals surface area contributed by atoms with Gasteiger partial charge in [0.2, 0.25) is 11.8 Å². The number of benzene rings is 1. The molecular weight excluding hydrogens is 386 g/mol. The highest BCUT2D eigenvalue weighted by atomic mass is 32.1. The molecule has 0 saturated carbocycles. The van der Waals surface area contributed by atoms with Gasteiger partial charge in [0.1, 0.15) is 12.4 Å². The summed E-state index contributed by atoms with van der Waals surface area (Å²) in [7, 11) is 0. The first-order chi connectivity index (χ1) is 13.4. The normalized spacial score (nSPS) is 14.2. The van der Waals surface area contributed by atoms with Crippen LogP contribution in [-0.2, 0) is 21.4 Å². The predicted molar refractivity (Wildman–Crippen MR) is 117 cm³/mol. The summed E-state index contributed by atoms with van der Waals surface area (Å²) in [5, 5.41) is 5.87. The highest BCUT2D eigenvalue weighted by molar-refractivity contribution is 7.09. The summed E-state index contributed by atoms with van der Waals surface area (Å²) < 4.78 is 5.69. The van der Waals surface area contributed by atoms with Crippen molar-refractivity contribution in [2.75, 3.05) is 23.4 Å². The Balaban J connectivity index is 1.74. The smallest absolute Gasteiger partial charge is 0.232 e. The summed E-state index contributed by atoms with van der Waals surface area (Å²) in [6.45, 7) is 13.0. The summed E-state index contributed by atoms with van der Waals surface area (Å²) >= 11 is 1.58. The molecule has 0 atom stereocenters. The van der Waals surface area contributed by atoms with Gasteiger partial charge in [0.05, 0.1) is 29.4 Å². The van der Waals surface area contributed by atoms with Crippen LogP contribution in [0.4, 0.5) is 11.4 Å². The summed E-state index contributed by atoms with van der Waals surface area (Å²) in [6.07, 6.45) is 0.213. The molecule has 0 saturated heterocycles. The number of anilines is 2. The first-order valence-electron chi connectivity index (χ1n) is 9.79. The van der Waals surface area contributed by atoms with Gasteiger partial charge in [-0.1, -0.05) is 41.5 Å². The van der Waals surface area contributed by atoms with Crippen LogP contribution in [0.1, 0.15) is 52.2 Å². The number of fused-ring (bicyclic) bond motifs is 1. The maximum atomic E-state index is 12.8. The van der Waals surface area contributed by atoms with E-state index in [-0.39, 0.29) is 23.7 Å². The standard InChI is InChI=1S/C22H29N3O3S/c1-21(2,3)19-24-15(13-29-19)12-18(26)23-14-7-8-17-16(11-14)25(9-10-28-17)20(27)22(4,5)6/h7-8,11,13H,9-10,12H2,1-6H3,(H,23,26). The number of amides is 2. The fraction of sp³-hybridized carbons (Fsp3) is 0.500. The largest absolute Gasteiger partial charge is 0.490 e. The van der Waals surface area contributed by atoms with Crippen LogP contribution in [0.3, 0.4) is 0 Å². The molecule has 2 amide bonds. The molecule has 7 heteroatoms. The molecule has 1 aliphatic heterocycles. The second-order valence-electron chi connectivity index (χ2n) is 9.36. The molecule has 2 aromatic rings. The van der Waals surface area contributed by atoms with Crippen LogP contribution in [0.15, 0.2) is 23.6 Å². The maximum Gasteiger partial charge on any atom is 0.232 e. The first kappa shape index (κ1) is 21.3. The van der Waals surface area contributed by atoms with Gasteiger partial charge in [-0.05, 0) is 18.2 Å². The Kier molecular flexibility index (Phi) is 5.72. The number of thiazole rings is 1. The summed E-state index contributed by atoms with van der Waals surface area (Å²) in [5.41, 5.74) is 1.57. The topological polar surface area (TPSA) is 71.5 Å². The van der Waals surface area contributed by atoms with Crippen LogP contribution in [0.25, 0.3) is 0 Å². The van der Waals surface area contributed by atoms with Gasteiger partial charge in [-0.15, -0.1) is 11.3 Å². The number of carbonyl (C=O) groups excluding carboxylic acids is 2. The van der Waals surface area contributed by atoms with E-state index < -0.39 is 5.41 Å². The predicted octanol–water partition coefficient (Wildman–Crippen LogP) is 4.39. The Labute approximate surface area is 176 Å². The zero-order valence-corrected chi connectivity index (χ0v) is 18.8. The average Bonchev–Trinajstić information content (AvgIpc) is 3.08. The lowest BCUT2D eigenvalue weighted by molar-refractivity contribution is -0.126. The van der Waals surface area contributed by atoms with E-state index in [0.29, 0.717) is 30.3 Å². The minimum absolute atomic E-state index is 0.0268. The lowest BCUT2D eigenvalue weighted by Crippen LogP contribution is -2.44. The third kappa shape index (κ3) is 4.96. The molecule has 1 aliphatic rings. The first-order valence-corrected chi connectivity index (χ1v) is 10.7. The second-order valence-corrected chi connectivity index (χ2v) is 10.2. The summed E-state index contributed by atoms with van der Waals surface area (Å²) in [5.74, 6) is 0.546. The van der Waals surface area contributed by atoms with Crippen molar-refractivity contribution in [3.63, 3.8) is 0 Å². The number of nitrogens with zero attached hydrogens (tertiary/aromatic N) is 2. The van der Waals surface area contributed by atoms with Crippen LogP contribution < -0.4 is 15.0 Å². The van der Waals surface area contributed by atoms with Crippen molar-refractivity contribution in [3.05, 3.63) is 34.3 Å². The van der Waals surface area contributed by atoms with Crippen molar-refractivity contribution in [1.82, 2.24) is 4.98 Å². The number of rotatable bonds is 3. The van der Waals surface area contributed by atoms with Crippen molar-refractivity contribution in [2.24, 2.45) is 5.41 Å². The zero-order chi connectivity index (χ0) is 21.4. The molecule has 0 fully saturated rings. The molecule has 0 bridgehead atoms. The van der Waals surface area contributed by atoms with Gasteiger partial charge < -0.3 is 15.0 Å². The number of nitrogens with one attached hydrogen (secondary N) is 1. The van der Waals surface area contributed by atoms with E-state index in [1.807, 2.05) is 26.2 Å². The molecular formula is C22H29N3O3S. The number of hydrogen-bond acceptors (Lipinski definition) is 5. The fourth-order valence-electron chi connectivity index (χ4n) is 3.01. The van der Waals surface area contributed by atoms with Crippen molar-refractivity contribution in [3.8, 4) is 5.75 Å². The number of hydrogen-bond donors (Lipinski definition) is 1. The molecule has 0 spiro atoms. The van der Waals surface area contributed by atoms with Crippen LogP contribution in [-0.4, -0.2) is 29.9 Å². The fourth-order valence-corrected chi connectivity index (χ4v) is 3.92. The molecule has 0 unspecified atom stereocenters. The van der Waals surface area contributed by atoms with Crippen LogP contribution >= 0.6 is 11.3 Å². The molecule has 6 nitrogen and oxygen atoms in total. The third-order valence-electron chi connectivity index (χ3n) is 4.53. The van der Waals surface area contributed by atoms with Gasteiger partial charge in [-0.2, -0.15) is 0 Å². The Hall–Kier alpha value is -2.41. The molecule has 156 valence electrons. The summed E-state index contributed by atoms with van der Waals surface area (Å²) in [6, 6.07) is 5.40. The van der Waals surface area contributed by atoms with E-state index in [4.69, 9.17) is 4.74 Å². The molecule has 1 aromatic heterocycles. The zero-order valence-electron chi connectivity index (χ0n) is 18.0. The van der Waals surface area contributed by atoms with Crippen LogP contribution in [0, 0.1) is 5.41 Å². The Morgan fingerprint density at radius 3 is 2.55 bits per heavy atom. The van der Waals surface area contributed by atoms with Gasteiger partial charge in [0.25, 0.3) is 0 Å². The minimum Gasteiger partial charge on any atom is -0.490 e. The Bertz CT molecular complexity index is 922. The number of ether oxygens (including phenoxy) is 1. The molecule has 1 aromatic carbocycles. The molecule has 2 heterocycles. The minimum atomic E-state index is -0.497. The molecule has 3 rings (SSSR count). The monoisotopic (exact) mass is 415 g/mol. The number of aromatic nitrogens is 1. The van der Waals surface area contributed by atoms with Crippen molar-refractivity contribution < 1.29 is 14.3 Å². The quantitative estimate of drug-likeness (QED) is 0.807. The van der Waals surface area contributed by atoms with E-state index >= 15 is 0 Å². The summed E-state index contributed by atoms with van der Waals surface area (Å²) in [4.78, 5) is 31.7. The lowest BCUT2D eigenvalue weighted by atomic mass is 9.94. The highest BCUT2D eigenvalue weighted by Crippen LogP contribution is 2.36. The van der Waals surface area contributed by atoms with Gasteiger partial charge in [0.15, 0.2) is 0 Å². The Morgan fingerprint density at radius 2 is 1.93 bits per heavy atom. The number of carbonyl (C=O) groups is 2. The van der Waals surface area contributed by atoms with Crippen LogP contribution in [0.5, 0.6) is 5.75 Å². The molecule has 0 aliphatic carbocycles. The van der Waals surface area contributed by atoms with E-state index in [2.05, 4.69) is 31.1 Å².